The van der Waals surface area contributed by atoms with Crippen molar-refractivity contribution in [3.05, 3.63) is 41.0 Å². The Balaban J connectivity index is 1.98. The molecule has 1 aromatic carbocycles. The van der Waals surface area contributed by atoms with Gasteiger partial charge in [0.1, 0.15) is 0 Å². The summed E-state index contributed by atoms with van der Waals surface area (Å²) in [4.78, 5) is 6.83. The largest absolute Gasteiger partial charge is 0.308 e. The van der Waals surface area contributed by atoms with Crippen LogP contribution in [-0.4, -0.2) is 36.6 Å². The van der Waals surface area contributed by atoms with Gasteiger partial charge in [-0.2, -0.15) is 0 Å². The highest BCUT2D eigenvalue weighted by molar-refractivity contribution is 6.35. The Kier molecular flexibility index (Phi) is 3.20. The fourth-order valence-corrected chi connectivity index (χ4v) is 2.68. The van der Waals surface area contributed by atoms with Crippen LogP contribution in [0.4, 0.5) is 0 Å². The van der Waals surface area contributed by atoms with Crippen molar-refractivity contribution in [3.63, 3.8) is 0 Å². The molecule has 1 aliphatic rings. The van der Waals surface area contributed by atoms with Crippen LogP contribution in [-0.2, 0) is 0 Å². The highest BCUT2D eigenvalue weighted by Gasteiger charge is 2.18. The second-order valence-electron chi connectivity index (χ2n) is 4.85. The fraction of sp³-hybridized carbons (Fsp3) is 0.357. The zero-order valence-corrected chi connectivity index (χ0v) is 11.1. The first-order valence-corrected chi connectivity index (χ1v) is 6.58. The Morgan fingerprint density at radius 3 is 3.17 bits per heavy atom. The molecule has 1 fully saturated rings. The monoisotopic (exact) mass is 261 g/mol. The number of nitrogens with one attached hydrogen (secondary N) is 1. The molecule has 1 saturated heterocycles. The van der Waals surface area contributed by atoms with Gasteiger partial charge in [-0.05, 0) is 24.7 Å². The molecule has 0 bridgehead atoms. The summed E-state index contributed by atoms with van der Waals surface area (Å²) in [7, 11) is 2.15. The predicted molar refractivity (Wildman–Crippen MR) is 75.0 cm³/mol. The molecule has 18 heavy (non-hydrogen) atoms. The lowest BCUT2D eigenvalue weighted by Crippen LogP contribution is -2.43. The first-order chi connectivity index (χ1) is 8.74. The van der Waals surface area contributed by atoms with Gasteiger partial charge in [-0.25, -0.2) is 0 Å². The minimum Gasteiger partial charge on any atom is -0.308 e. The number of hydrogen-bond donors (Lipinski definition) is 1. The molecule has 1 aromatic heterocycles. The number of aromatic nitrogens is 1. The summed E-state index contributed by atoms with van der Waals surface area (Å²) in [5.74, 6) is 0. The van der Waals surface area contributed by atoms with Crippen LogP contribution < -0.4 is 5.32 Å². The highest BCUT2D eigenvalue weighted by Crippen LogP contribution is 2.24. The van der Waals surface area contributed by atoms with E-state index in [2.05, 4.69) is 34.4 Å². The SMILES string of the molecule is CN1CCNC(c2cnc3c(Cl)cccc3c2)C1. The fourth-order valence-electron chi connectivity index (χ4n) is 2.45. The molecule has 0 radical (unpaired) electrons. The molecule has 0 amide bonds. The first-order valence-electron chi connectivity index (χ1n) is 6.20. The maximum atomic E-state index is 6.13. The van der Waals surface area contributed by atoms with Gasteiger partial charge in [0.25, 0.3) is 0 Å². The van der Waals surface area contributed by atoms with Gasteiger partial charge in [-0.3, -0.25) is 4.98 Å². The minimum atomic E-state index is 0.361. The number of fused-ring (bicyclic) bond motifs is 1. The third-order valence-corrected chi connectivity index (χ3v) is 3.77. The molecule has 2 heterocycles. The Hall–Kier alpha value is -1.16. The highest BCUT2D eigenvalue weighted by atomic mass is 35.5. The summed E-state index contributed by atoms with van der Waals surface area (Å²) in [6.07, 6.45) is 1.94. The lowest BCUT2D eigenvalue weighted by atomic mass is 10.0. The Bertz CT molecular complexity index is 570. The van der Waals surface area contributed by atoms with Crippen LogP contribution in [0.3, 0.4) is 0 Å². The van der Waals surface area contributed by atoms with Crippen LogP contribution in [0.15, 0.2) is 30.5 Å². The second kappa shape index (κ2) is 4.84. The molecule has 4 heteroatoms. The van der Waals surface area contributed by atoms with E-state index in [4.69, 9.17) is 11.6 Å². The topological polar surface area (TPSA) is 28.2 Å². The molecule has 0 spiro atoms. The van der Waals surface area contributed by atoms with E-state index in [1.54, 1.807) is 0 Å². The first kappa shape index (κ1) is 11.9. The van der Waals surface area contributed by atoms with Crippen molar-refractivity contribution in [1.82, 2.24) is 15.2 Å². The number of rotatable bonds is 1. The molecule has 3 rings (SSSR count). The van der Waals surface area contributed by atoms with Gasteiger partial charge in [-0.1, -0.05) is 23.7 Å². The lowest BCUT2D eigenvalue weighted by Gasteiger charge is -2.31. The van der Waals surface area contributed by atoms with Gasteiger partial charge in [0.2, 0.25) is 0 Å². The van der Waals surface area contributed by atoms with E-state index in [1.807, 2.05) is 18.3 Å². The third-order valence-electron chi connectivity index (χ3n) is 3.46. The van der Waals surface area contributed by atoms with Crippen LogP contribution in [0.2, 0.25) is 5.02 Å². The Morgan fingerprint density at radius 2 is 2.33 bits per heavy atom. The smallest absolute Gasteiger partial charge is 0.0888 e. The second-order valence-corrected chi connectivity index (χ2v) is 5.26. The number of pyridine rings is 1. The van der Waals surface area contributed by atoms with E-state index >= 15 is 0 Å². The van der Waals surface area contributed by atoms with Gasteiger partial charge in [0.15, 0.2) is 0 Å². The van der Waals surface area contributed by atoms with Crippen molar-refractivity contribution in [2.24, 2.45) is 0 Å². The van der Waals surface area contributed by atoms with Crippen LogP contribution in [0.1, 0.15) is 11.6 Å². The van der Waals surface area contributed by atoms with Gasteiger partial charge >= 0.3 is 0 Å². The number of hydrogen-bond acceptors (Lipinski definition) is 3. The molecule has 2 aromatic rings. The van der Waals surface area contributed by atoms with Crippen LogP contribution in [0, 0.1) is 0 Å². The Morgan fingerprint density at radius 1 is 1.44 bits per heavy atom. The molecule has 1 atom stereocenters. The van der Waals surface area contributed by atoms with E-state index in [-0.39, 0.29) is 0 Å². The van der Waals surface area contributed by atoms with Crippen LogP contribution >= 0.6 is 11.6 Å². The average molecular weight is 262 g/mol. The minimum absolute atomic E-state index is 0.361. The van der Waals surface area contributed by atoms with E-state index in [9.17, 15) is 0 Å². The molecule has 0 aliphatic carbocycles. The van der Waals surface area contributed by atoms with Crippen LogP contribution in [0.25, 0.3) is 10.9 Å². The van der Waals surface area contributed by atoms with Crippen molar-refractivity contribution in [3.8, 4) is 0 Å². The molecule has 1 aliphatic heterocycles. The zero-order chi connectivity index (χ0) is 12.5. The maximum absolute atomic E-state index is 6.13. The number of piperazine rings is 1. The third kappa shape index (κ3) is 2.21. The van der Waals surface area contributed by atoms with Crippen molar-refractivity contribution >= 4 is 22.5 Å². The summed E-state index contributed by atoms with van der Waals surface area (Å²) in [5, 5.41) is 5.35. The number of nitrogens with zero attached hydrogens (tertiary/aromatic N) is 2. The molecular weight excluding hydrogens is 246 g/mol. The lowest BCUT2D eigenvalue weighted by molar-refractivity contribution is 0.241. The molecule has 3 nitrogen and oxygen atoms in total. The van der Waals surface area contributed by atoms with Gasteiger partial charge < -0.3 is 10.2 Å². The molecule has 1 N–H and O–H groups in total. The van der Waals surface area contributed by atoms with Crippen molar-refractivity contribution < 1.29 is 0 Å². The Labute approximate surface area is 112 Å². The van der Waals surface area contributed by atoms with Crippen molar-refractivity contribution in [1.29, 1.82) is 0 Å². The number of benzene rings is 1. The summed E-state index contributed by atoms with van der Waals surface area (Å²) in [6.45, 7) is 3.14. The summed E-state index contributed by atoms with van der Waals surface area (Å²) in [5.41, 5.74) is 2.11. The quantitative estimate of drug-likeness (QED) is 0.855. The number of likely N-dealkylation sites (N-methyl/N-ethyl adjacent to an activating group) is 1. The van der Waals surface area contributed by atoms with Gasteiger partial charge in [0.05, 0.1) is 10.5 Å². The number of halogens is 1. The molecule has 0 saturated carbocycles. The summed E-state index contributed by atoms with van der Waals surface area (Å²) >= 11 is 6.13. The van der Waals surface area contributed by atoms with Gasteiger partial charge in [0, 0.05) is 37.3 Å². The van der Waals surface area contributed by atoms with Crippen molar-refractivity contribution in [2.75, 3.05) is 26.7 Å². The van der Waals surface area contributed by atoms with E-state index in [0.717, 1.165) is 30.5 Å². The standard InChI is InChI=1S/C14H16ClN3/c1-18-6-5-16-13(9-18)11-7-10-3-2-4-12(15)14(10)17-8-11/h2-4,7-8,13,16H,5-6,9H2,1H3. The van der Waals surface area contributed by atoms with Crippen molar-refractivity contribution in [2.45, 2.75) is 6.04 Å². The van der Waals surface area contributed by atoms with E-state index < -0.39 is 0 Å². The molecular formula is C14H16ClN3. The normalized spacial score (nSPS) is 21.3. The maximum Gasteiger partial charge on any atom is 0.0888 e. The van der Waals surface area contributed by atoms with Gasteiger partial charge in [-0.15, -0.1) is 0 Å². The molecule has 94 valence electrons. The summed E-state index contributed by atoms with van der Waals surface area (Å²) in [6, 6.07) is 8.45. The zero-order valence-electron chi connectivity index (χ0n) is 10.4. The number of para-hydroxylation sites is 1. The molecule has 1 unspecified atom stereocenters. The van der Waals surface area contributed by atoms with E-state index in [0.29, 0.717) is 11.1 Å². The summed E-state index contributed by atoms with van der Waals surface area (Å²) < 4.78 is 0. The average Bonchev–Trinajstić information content (AvgIpc) is 2.39. The van der Waals surface area contributed by atoms with Crippen LogP contribution in [0.5, 0.6) is 0 Å². The predicted octanol–water partition coefficient (Wildman–Crippen LogP) is 2.46. The van der Waals surface area contributed by atoms with E-state index in [1.165, 1.54) is 5.56 Å².